The Bertz CT molecular complexity index is 331. The van der Waals surface area contributed by atoms with Gasteiger partial charge < -0.3 is 9.73 Å². The zero-order valence-electron chi connectivity index (χ0n) is 11.0. The van der Waals surface area contributed by atoms with Gasteiger partial charge in [-0.2, -0.15) is 0 Å². The first kappa shape index (κ1) is 12.7. The molecular formula is C14H24N2O. The summed E-state index contributed by atoms with van der Waals surface area (Å²) in [5.41, 5.74) is 1.34. The summed E-state index contributed by atoms with van der Waals surface area (Å²) >= 11 is 0. The second kappa shape index (κ2) is 6.22. The molecule has 0 bridgehead atoms. The molecule has 17 heavy (non-hydrogen) atoms. The van der Waals surface area contributed by atoms with E-state index in [0.717, 1.165) is 24.8 Å². The van der Waals surface area contributed by atoms with Crippen molar-refractivity contribution in [2.45, 2.75) is 39.3 Å². The van der Waals surface area contributed by atoms with Crippen molar-refractivity contribution in [1.82, 2.24) is 10.2 Å². The van der Waals surface area contributed by atoms with Crippen LogP contribution < -0.4 is 5.32 Å². The van der Waals surface area contributed by atoms with Crippen molar-refractivity contribution in [3.05, 3.63) is 23.7 Å². The Morgan fingerprint density at radius 2 is 2.29 bits per heavy atom. The van der Waals surface area contributed by atoms with Crippen LogP contribution in [0.1, 0.15) is 37.5 Å². The Morgan fingerprint density at radius 1 is 1.47 bits per heavy atom. The minimum Gasteiger partial charge on any atom is -0.468 e. The van der Waals surface area contributed by atoms with E-state index in [2.05, 4.69) is 23.2 Å². The molecule has 0 radical (unpaired) electrons. The second-order valence-corrected chi connectivity index (χ2v) is 5.08. The van der Waals surface area contributed by atoms with Crippen molar-refractivity contribution in [2.24, 2.45) is 5.92 Å². The van der Waals surface area contributed by atoms with Gasteiger partial charge in [0, 0.05) is 18.7 Å². The zero-order chi connectivity index (χ0) is 12.1. The summed E-state index contributed by atoms with van der Waals surface area (Å²) in [6.07, 6.45) is 5.89. The van der Waals surface area contributed by atoms with Gasteiger partial charge in [-0.15, -0.1) is 0 Å². The molecule has 1 aromatic heterocycles. The van der Waals surface area contributed by atoms with E-state index in [1.165, 1.54) is 37.9 Å². The van der Waals surface area contributed by atoms with Crippen LogP contribution >= 0.6 is 0 Å². The number of hydrogen-bond acceptors (Lipinski definition) is 3. The molecular weight excluding hydrogens is 212 g/mol. The molecule has 96 valence electrons. The van der Waals surface area contributed by atoms with Gasteiger partial charge in [0.1, 0.15) is 5.76 Å². The van der Waals surface area contributed by atoms with Gasteiger partial charge in [0.15, 0.2) is 0 Å². The van der Waals surface area contributed by atoms with Crippen LogP contribution in [-0.2, 0) is 13.1 Å². The Hall–Kier alpha value is -0.800. The van der Waals surface area contributed by atoms with Crippen LogP contribution in [0.4, 0.5) is 0 Å². The minimum atomic E-state index is 0.825. The summed E-state index contributed by atoms with van der Waals surface area (Å²) < 4.78 is 5.52. The van der Waals surface area contributed by atoms with Gasteiger partial charge in [0.05, 0.1) is 12.8 Å². The first-order valence-electron chi connectivity index (χ1n) is 6.75. The van der Waals surface area contributed by atoms with Crippen LogP contribution in [0.25, 0.3) is 0 Å². The fourth-order valence-corrected chi connectivity index (χ4v) is 2.28. The Kier molecular flexibility index (Phi) is 4.63. The van der Waals surface area contributed by atoms with Gasteiger partial charge >= 0.3 is 0 Å². The monoisotopic (exact) mass is 236 g/mol. The first-order chi connectivity index (χ1) is 8.33. The molecule has 1 heterocycles. The number of hydrogen-bond donors (Lipinski definition) is 1. The van der Waals surface area contributed by atoms with Gasteiger partial charge in [0.2, 0.25) is 0 Å². The van der Waals surface area contributed by atoms with Crippen molar-refractivity contribution in [3.8, 4) is 0 Å². The maximum Gasteiger partial charge on any atom is 0.122 e. The van der Waals surface area contributed by atoms with E-state index in [4.69, 9.17) is 4.42 Å². The van der Waals surface area contributed by atoms with E-state index >= 15 is 0 Å². The molecule has 1 N–H and O–H groups in total. The predicted octanol–water partition coefficient (Wildman–Crippen LogP) is 2.62. The summed E-state index contributed by atoms with van der Waals surface area (Å²) in [6.45, 7) is 6.58. The maximum atomic E-state index is 5.52. The van der Waals surface area contributed by atoms with Crippen molar-refractivity contribution >= 4 is 0 Å². The summed E-state index contributed by atoms with van der Waals surface area (Å²) in [5.74, 6) is 2.05. The zero-order valence-corrected chi connectivity index (χ0v) is 11.0. The molecule has 3 nitrogen and oxygen atoms in total. The third-order valence-electron chi connectivity index (χ3n) is 3.32. The van der Waals surface area contributed by atoms with Crippen LogP contribution in [-0.4, -0.2) is 25.0 Å². The molecule has 1 aliphatic rings. The SMILES string of the molecule is CCCN(Cc1ccoc1CNC)CC1CC1. The van der Waals surface area contributed by atoms with Crippen LogP contribution in [0, 0.1) is 5.92 Å². The second-order valence-electron chi connectivity index (χ2n) is 5.08. The Morgan fingerprint density at radius 3 is 2.94 bits per heavy atom. The molecule has 0 aromatic carbocycles. The Labute approximate surface area is 104 Å². The summed E-state index contributed by atoms with van der Waals surface area (Å²) in [6, 6.07) is 2.11. The van der Waals surface area contributed by atoms with Crippen LogP contribution in [0.3, 0.4) is 0 Å². The normalized spacial score (nSPS) is 15.7. The smallest absolute Gasteiger partial charge is 0.122 e. The lowest BCUT2D eigenvalue weighted by atomic mass is 10.2. The van der Waals surface area contributed by atoms with E-state index in [-0.39, 0.29) is 0 Å². The van der Waals surface area contributed by atoms with E-state index in [0.29, 0.717) is 0 Å². The maximum absolute atomic E-state index is 5.52. The lowest BCUT2D eigenvalue weighted by Gasteiger charge is -2.21. The fraction of sp³-hybridized carbons (Fsp3) is 0.714. The van der Waals surface area contributed by atoms with E-state index < -0.39 is 0 Å². The number of nitrogens with zero attached hydrogens (tertiary/aromatic N) is 1. The first-order valence-corrected chi connectivity index (χ1v) is 6.75. The van der Waals surface area contributed by atoms with Gasteiger partial charge in [-0.25, -0.2) is 0 Å². The van der Waals surface area contributed by atoms with Gasteiger partial charge in [-0.05, 0) is 44.8 Å². The molecule has 3 heteroatoms. The molecule has 1 saturated carbocycles. The molecule has 0 amide bonds. The Balaban J connectivity index is 1.92. The standard InChI is InChI=1S/C14H24N2O/c1-3-7-16(10-12-4-5-12)11-13-6-8-17-14(13)9-15-2/h6,8,12,15H,3-5,7,9-11H2,1-2H3. The predicted molar refractivity (Wildman–Crippen MR) is 69.8 cm³/mol. The lowest BCUT2D eigenvalue weighted by molar-refractivity contribution is 0.253. The van der Waals surface area contributed by atoms with Crippen LogP contribution in [0.5, 0.6) is 0 Å². The number of rotatable bonds is 8. The molecule has 1 fully saturated rings. The van der Waals surface area contributed by atoms with Crippen LogP contribution in [0.2, 0.25) is 0 Å². The van der Waals surface area contributed by atoms with E-state index in [1.54, 1.807) is 0 Å². The summed E-state index contributed by atoms with van der Waals surface area (Å²) in [5, 5.41) is 3.16. The summed E-state index contributed by atoms with van der Waals surface area (Å²) in [4.78, 5) is 2.57. The average molecular weight is 236 g/mol. The highest BCUT2D eigenvalue weighted by atomic mass is 16.3. The summed E-state index contributed by atoms with van der Waals surface area (Å²) in [7, 11) is 1.96. The molecule has 0 aliphatic heterocycles. The third-order valence-corrected chi connectivity index (χ3v) is 3.32. The van der Waals surface area contributed by atoms with Crippen LogP contribution in [0.15, 0.2) is 16.7 Å². The molecule has 0 saturated heterocycles. The van der Waals surface area contributed by atoms with Crippen molar-refractivity contribution in [2.75, 3.05) is 20.1 Å². The fourth-order valence-electron chi connectivity index (χ4n) is 2.28. The van der Waals surface area contributed by atoms with E-state index in [1.807, 2.05) is 13.3 Å². The lowest BCUT2D eigenvalue weighted by Crippen LogP contribution is -2.26. The largest absolute Gasteiger partial charge is 0.468 e. The molecule has 2 rings (SSSR count). The molecule has 0 spiro atoms. The highest BCUT2D eigenvalue weighted by Gasteiger charge is 2.24. The topological polar surface area (TPSA) is 28.4 Å². The highest BCUT2D eigenvalue weighted by Crippen LogP contribution is 2.30. The molecule has 1 aromatic rings. The highest BCUT2D eigenvalue weighted by molar-refractivity contribution is 5.16. The van der Waals surface area contributed by atoms with Gasteiger partial charge in [0.25, 0.3) is 0 Å². The molecule has 0 atom stereocenters. The molecule has 1 aliphatic carbocycles. The average Bonchev–Trinajstić information content (AvgIpc) is 3.01. The molecule has 0 unspecified atom stereocenters. The van der Waals surface area contributed by atoms with Crippen molar-refractivity contribution in [3.63, 3.8) is 0 Å². The van der Waals surface area contributed by atoms with Crippen molar-refractivity contribution < 1.29 is 4.42 Å². The van der Waals surface area contributed by atoms with Gasteiger partial charge in [-0.3, -0.25) is 4.90 Å². The minimum absolute atomic E-state index is 0.825. The quantitative estimate of drug-likeness (QED) is 0.752. The van der Waals surface area contributed by atoms with E-state index in [9.17, 15) is 0 Å². The number of nitrogens with one attached hydrogen (secondary N) is 1. The van der Waals surface area contributed by atoms with Gasteiger partial charge in [-0.1, -0.05) is 6.92 Å². The third kappa shape index (κ3) is 3.86. The number of furan rings is 1. The van der Waals surface area contributed by atoms with Crippen molar-refractivity contribution in [1.29, 1.82) is 0 Å².